The van der Waals surface area contributed by atoms with E-state index in [1.54, 1.807) is 0 Å². The summed E-state index contributed by atoms with van der Waals surface area (Å²) in [7, 11) is 1.42. The van der Waals surface area contributed by atoms with Crippen LogP contribution in [0, 0.1) is 0 Å². The SMILES string of the molecule is COc1c(O)coc1CNc1ncnc2c1ncn2C1O[C@H](CO)[C@@H](O)[C@@H]1O. The number of nitrogens with one attached hydrogen (secondary N) is 1. The molecule has 4 atom stereocenters. The number of aromatic hydroxyl groups is 1. The summed E-state index contributed by atoms with van der Waals surface area (Å²) in [5.41, 5.74) is 0.761. The van der Waals surface area contributed by atoms with Gasteiger partial charge in [0.25, 0.3) is 0 Å². The van der Waals surface area contributed by atoms with Crippen molar-refractivity contribution in [2.24, 2.45) is 0 Å². The monoisotopic (exact) mass is 393 g/mol. The highest BCUT2D eigenvalue weighted by atomic mass is 16.6. The normalized spacial score (nSPS) is 24.7. The van der Waals surface area contributed by atoms with Gasteiger partial charge in [-0.05, 0) is 0 Å². The van der Waals surface area contributed by atoms with Crippen LogP contribution < -0.4 is 10.1 Å². The standard InChI is InChI=1S/C16H19N5O7/c1-26-13-7(23)4-27-8(13)2-17-14-10-15(19-5-18-14)21(6-20-10)16-12(25)11(24)9(3-22)28-16/h4-6,9,11-12,16,22-25H,2-3H2,1H3,(H,17,18,19)/t9-,11-,12+,16?/m1/s1. The third-order valence-corrected chi connectivity index (χ3v) is 4.57. The molecular weight excluding hydrogens is 374 g/mol. The number of methoxy groups -OCH3 is 1. The number of aliphatic hydroxyl groups excluding tert-OH is 3. The predicted molar refractivity (Wildman–Crippen MR) is 92.6 cm³/mol. The molecule has 0 aromatic carbocycles. The number of ether oxygens (including phenoxy) is 2. The van der Waals surface area contributed by atoms with Crippen LogP contribution in [0.3, 0.4) is 0 Å². The van der Waals surface area contributed by atoms with Gasteiger partial charge in [0, 0.05) is 0 Å². The highest BCUT2D eigenvalue weighted by molar-refractivity contribution is 5.82. The number of rotatable bonds is 6. The van der Waals surface area contributed by atoms with E-state index in [0.29, 0.717) is 22.7 Å². The molecule has 150 valence electrons. The van der Waals surface area contributed by atoms with Gasteiger partial charge in [0.2, 0.25) is 5.75 Å². The third-order valence-electron chi connectivity index (χ3n) is 4.57. The summed E-state index contributed by atoms with van der Waals surface area (Å²) in [6.07, 6.45) is -0.465. The maximum absolute atomic E-state index is 10.2. The largest absolute Gasteiger partial charge is 0.502 e. The van der Waals surface area contributed by atoms with Crippen LogP contribution in [0.5, 0.6) is 11.5 Å². The highest BCUT2D eigenvalue weighted by Gasteiger charge is 2.44. The number of imidazole rings is 1. The van der Waals surface area contributed by atoms with E-state index in [-0.39, 0.29) is 18.0 Å². The fourth-order valence-corrected chi connectivity index (χ4v) is 3.16. The van der Waals surface area contributed by atoms with Crippen molar-refractivity contribution in [1.29, 1.82) is 0 Å². The number of furan rings is 1. The quantitative estimate of drug-likeness (QED) is 0.361. The number of nitrogens with zero attached hydrogens (tertiary/aromatic N) is 4. The lowest BCUT2D eigenvalue weighted by molar-refractivity contribution is -0.0511. The molecule has 3 aromatic rings. The topological polar surface area (TPSA) is 168 Å². The molecule has 28 heavy (non-hydrogen) atoms. The molecule has 12 nitrogen and oxygen atoms in total. The van der Waals surface area contributed by atoms with Crippen LogP contribution >= 0.6 is 0 Å². The van der Waals surface area contributed by atoms with Crippen LogP contribution in [-0.4, -0.2) is 72.0 Å². The number of aromatic nitrogens is 4. The second kappa shape index (κ2) is 7.24. The summed E-state index contributed by atoms with van der Waals surface area (Å²) in [6, 6.07) is 0. The van der Waals surface area contributed by atoms with Crippen LogP contribution in [0.4, 0.5) is 5.82 Å². The maximum atomic E-state index is 10.2. The molecule has 1 aliphatic heterocycles. The van der Waals surface area contributed by atoms with Crippen molar-refractivity contribution >= 4 is 17.0 Å². The lowest BCUT2D eigenvalue weighted by Gasteiger charge is -2.16. The van der Waals surface area contributed by atoms with E-state index in [0.717, 1.165) is 0 Å². The van der Waals surface area contributed by atoms with Crippen molar-refractivity contribution < 1.29 is 34.3 Å². The Morgan fingerprint density at radius 3 is 2.79 bits per heavy atom. The van der Waals surface area contributed by atoms with Crippen LogP contribution in [0.2, 0.25) is 0 Å². The molecule has 5 N–H and O–H groups in total. The van der Waals surface area contributed by atoms with Crippen molar-refractivity contribution in [1.82, 2.24) is 19.5 Å². The zero-order chi connectivity index (χ0) is 19.8. The minimum atomic E-state index is -1.25. The maximum Gasteiger partial charge on any atom is 0.204 e. The molecule has 1 aliphatic rings. The summed E-state index contributed by atoms with van der Waals surface area (Å²) in [5.74, 6) is 0.860. The molecule has 0 saturated carbocycles. The molecule has 0 bridgehead atoms. The average molecular weight is 393 g/mol. The fourth-order valence-electron chi connectivity index (χ4n) is 3.16. The van der Waals surface area contributed by atoms with Crippen molar-refractivity contribution in [3.8, 4) is 11.5 Å². The molecule has 12 heteroatoms. The first-order valence-corrected chi connectivity index (χ1v) is 8.42. The number of hydrogen-bond acceptors (Lipinski definition) is 11. The number of fused-ring (bicyclic) bond motifs is 1. The summed E-state index contributed by atoms with van der Waals surface area (Å²) in [4.78, 5) is 12.6. The Balaban J connectivity index is 1.60. The van der Waals surface area contributed by atoms with Gasteiger partial charge in [0.05, 0.1) is 26.6 Å². The second-order valence-electron chi connectivity index (χ2n) is 6.21. The molecule has 4 heterocycles. The van der Waals surface area contributed by atoms with Gasteiger partial charge in [-0.2, -0.15) is 0 Å². The Hall–Kier alpha value is -2.93. The summed E-state index contributed by atoms with van der Waals surface area (Å²) >= 11 is 0. The minimum Gasteiger partial charge on any atom is -0.502 e. The van der Waals surface area contributed by atoms with Gasteiger partial charge in [0.1, 0.15) is 30.9 Å². The molecule has 3 aromatic heterocycles. The molecule has 1 fully saturated rings. The van der Waals surface area contributed by atoms with Gasteiger partial charge >= 0.3 is 0 Å². The predicted octanol–water partition coefficient (Wildman–Crippen LogP) is -0.643. The molecule has 1 saturated heterocycles. The van der Waals surface area contributed by atoms with Gasteiger partial charge in [-0.1, -0.05) is 0 Å². The van der Waals surface area contributed by atoms with E-state index in [9.17, 15) is 20.4 Å². The van der Waals surface area contributed by atoms with Crippen molar-refractivity contribution in [2.75, 3.05) is 19.0 Å². The number of anilines is 1. The number of aliphatic hydroxyl groups is 3. The first kappa shape index (κ1) is 18.4. The van der Waals surface area contributed by atoms with Crippen molar-refractivity contribution in [2.45, 2.75) is 31.1 Å². The van der Waals surface area contributed by atoms with Crippen LogP contribution in [0.15, 0.2) is 23.3 Å². The van der Waals surface area contributed by atoms with Gasteiger partial charge in [0.15, 0.2) is 34.7 Å². The summed E-state index contributed by atoms with van der Waals surface area (Å²) in [6.45, 7) is -0.266. The fraction of sp³-hybridized carbons (Fsp3) is 0.438. The van der Waals surface area contributed by atoms with E-state index < -0.39 is 31.1 Å². The van der Waals surface area contributed by atoms with Gasteiger partial charge < -0.3 is 39.6 Å². The lowest BCUT2D eigenvalue weighted by Crippen LogP contribution is -2.33. The minimum absolute atomic E-state index is 0.110. The van der Waals surface area contributed by atoms with Gasteiger partial charge in [-0.25, -0.2) is 15.0 Å². The van der Waals surface area contributed by atoms with E-state index >= 15 is 0 Å². The van der Waals surface area contributed by atoms with Gasteiger partial charge in [-0.3, -0.25) is 4.57 Å². The summed E-state index contributed by atoms with van der Waals surface area (Å²) < 4.78 is 17.3. The molecular formula is C16H19N5O7. The van der Waals surface area contributed by atoms with Crippen molar-refractivity contribution in [3.63, 3.8) is 0 Å². The molecule has 0 aliphatic carbocycles. The first-order chi connectivity index (χ1) is 13.5. The average Bonchev–Trinajstić information content (AvgIpc) is 3.37. The molecule has 4 rings (SSSR count). The lowest BCUT2D eigenvalue weighted by atomic mass is 10.1. The van der Waals surface area contributed by atoms with E-state index in [1.165, 1.54) is 30.6 Å². The Labute approximate surface area is 158 Å². The highest BCUT2D eigenvalue weighted by Crippen LogP contribution is 2.34. The third kappa shape index (κ3) is 2.92. The number of hydrogen-bond donors (Lipinski definition) is 5. The second-order valence-corrected chi connectivity index (χ2v) is 6.21. The Morgan fingerprint density at radius 1 is 1.25 bits per heavy atom. The Kier molecular flexibility index (Phi) is 4.77. The molecule has 0 radical (unpaired) electrons. The van der Waals surface area contributed by atoms with Crippen LogP contribution in [0.25, 0.3) is 11.2 Å². The molecule has 0 spiro atoms. The summed E-state index contributed by atoms with van der Waals surface area (Å²) in [5, 5.41) is 42.1. The smallest absolute Gasteiger partial charge is 0.204 e. The van der Waals surface area contributed by atoms with Crippen LogP contribution in [0.1, 0.15) is 12.0 Å². The Bertz CT molecular complexity index is 974. The van der Waals surface area contributed by atoms with E-state index in [2.05, 4.69) is 20.3 Å². The van der Waals surface area contributed by atoms with Gasteiger partial charge in [-0.15, -0.1) is 0 Å². The van der Waals surface area contributed by atoms with E-state index in [4.69, 9.17) is 13.9 Å². The van der Waals surface area contributed by atoms with Crippen LogP contribution in [-0.2, 0) is 11.3 Å². The first-order valence-electron chi connectivity index (χ1n) is 8.42. The molecule has 0 amide bonds. The molecule has 1 unspecified atom stereocenters. The van der Waals surface area contributed by atoms with Crippen molar-refractivity contribution in [3.05, 3.63) is 24.7 Å². The Morgan fingerprint density at radius 2 is 2.07 bits per heavy atom. The zero-order valence-electron chi connectivity index (χ0n) is 14.8. The zero-order valence-corrected chi connectivity index (χ0v) is 14.8. The van der Waals surface area contributed by atoms with E-state index in [1.807, 2.05) is 0 Å².